The van der Waals surface area contributed by atoms with Crippen LogP contribution in [0.4, 0.5) is 0 Å². The molecule has 0 aromatic rings. The quantitative estimate of drug-likeness (QED) is 0.527. The molecule has 2 atom stereocenters. The Morgan fingerprint density at radius 2 is 1.83 bits per heavy atom. The minimum Gasteiger partial charge on any atom is -0.481 e. The van der Waals surface area contributed by atoms with Gasteiger partial charge in [0.2, 0.25) is 0 Å². The van der Waals surface area contributed by atoms with Crippen LogP contribution in [0.5, 0.6) is 0 Å². The van der Waals surface area contributed by atoms with Crippen molar-refractivity contribution in [3.05, 3.63) is 0 Å². The Kier molecular flexibility index (Phi) is 8.06. The lowest BCUT2D eigenvalue weighted by Gasteiger charge is -2.22. The molecule has 1 rings (SSSR count). The molecule has 3 heteroatoms. The number of carboxylic acids is 1. The summed E-state index contributed by atoms with van der Waals surface area (Å²) in [6, 6.07) is 0. The Morgan fingerprint density at radius 1 is 1.11 bits per heavy atom. The summed E-state index contributed by atoms with van der Waals surface area (Å²) < 4.78 is 5.84. The van der Waals surface area contributed by atoms with Gasteiger partial charge < -0.3 is 9.84 Å². The van der Waals surface area contributed by atoms with Crippen molar-refractivity contribution in [2.24, 2.45) is 5.92 Å². The summed E-state index contributed by atoms with van der Waals surface area (Å²) in [5.41, 5.74) is 0. The van der Waals surface area contributed by atoms with Gasteiger partial charge in [-0.15, -0.1) is 0 Å². The van der Waals surface area contributed by atoms with Crippen LogP contribution >= 0.6 is 0 Å². The molecule has 0 amide bonds. The first-order valence-electron chi connectivity index (χ1n) is 7.60. The molecule has 0 aromatic carbocycles. The molecular weight excluding hydrogens is 228 g/mol. The van der Waals surface area contributed by atoms with Crippen LogP contribution in [0, 0.1) is 5.92 Å². The van der Waals surface area contributed by atoms with Crippen LogP contribution in [0.3, 0.4) is 0 Å². The third-order valence-electron chi connectivity index (χ3n) is 3.85. The van der Waals surface area contributed by atoms with E-state index < -0.39 is 5.97 Å². The number of hydrogen-bond acceptors (Lipinski definition) is 2. The van der Waals surface area contributed by atoms with E-state index in [1.807, 2.05) is 0 Å². The summed E-state index contributed by atoms with van der Waals surface area (Å²) in [7, 11) is 0. The SMILES string of the molecule is CCCCCCCOC1CCCCCC1C(=O)O. The summed E-state index contributed by atoms with van der Waals surface area (Å²) in [4.78, 5) is 11.2. The molecule has 106 valence electrons. The van der Waals surface area contributed by atoms with Gasteiger partial charge in [-0.3, -0.25) is 4.79 Å². The van der Waals surface area contributed by atoms with Crippen molar-refractivity contribution in [1.82, 2.24) is 0 Å². The minimum atomic E-state index is -0.673. The molecule has 0 saturated heterocycles. The van der Waals surface area contributed by atoms with E-state index in [1.54, 1.807) is 0 Å². The van der Waals surface area contributed by atoms with Crippen molar-refractivity contribution >= 4 is 5.97 Å². The highest BCUT2D eigenvalue weighted by Crippen LogP contribution is 2.26. The number of unbranched alkanes of at least 4 members (excludes halogenated alkanes) is 4. The molecule has 3 nitrogen and oxygen atoms in total. The Balaban J connectivity index is 2.22. The van der Waals surface area contributed by atoms with Crippen LogP contribution in [-0.4, -0.2) is 23.8 Å². The van der Waals surface area contributed by atoms with Crippen LogP contribution in [0.2, 0.25) is 0 Å². The average molecular weight is 256 g/mol. The number of rotatable bonds is 8. The van der Waals surface area contributed by atoms with Gasteiger partial charge in [0.15, 0.2) is 0 Å². The molecule has 2 unspecified atom stereocenters. The van der Waals surface area contributed by atoms with E-state index in [9.17, 15) is 9.90 Å². The third-order valence-corrected chi connectivity index (χ3v) is 3.85. The van der Waals surface area contributed by atoms with Crippen molar-refractivity contribution in [3.63, 3.8) is 0 Å². The first-order valence-corrected chi connectivity index (χ1v) is 7.60. The maximum atomic E-state index is 11.2. The highest BCUT2D eigenvalue weighted by molar-refractivity contribution is 5.70. The van der Waals surface area contributed by atoms with Gasteiger partial charge in [-0.1, -0.05) is 51.9 Å². The first-order chi connectivity index (χ1) is 8.75. The molecule has 18 heavy (non-hydrogen) atoms. The van der Waals surface area contributed by atoms with Gasteiger partial charge >= 0.3 is 5.97 Å². The fourth-order valence-electron chi connectivity index (χ4n) is 2.70. The summed E-state index contributed by atoms with van der Waals surface area (Å²) in [5.74, 6) is -0.948. The minimum absolute atomic E-state index is 0.0452. The molecule has 0 bridgehead atoms. The van der Waals surface area contributed by atoms with E-state index in [1.165, 1.54) is 25.7 Å². The third kappa shape index (κ3) is 5.85. The Hall–Kier alpha value is -0.570. The molecule has 1 aliphatic carbocycles. The summed E-state index contributed by atoms with van der Waals surface area (Å²) in [5, 5.41) is 9.23. The predicted molar refractivity (Wildman–Crippen MR) is 72.7 cm³/mol. The normalized spacial score (nSPS) is 24.7. The van der Waals surface area contributed by atoms with E-state index >= 15 is 0 Å². The van der Waals surface area contributed by atoms with E-state index in [2.05, 4.69) is 6.92 Å². The monoisotopic (exact) mass is 256 g/mol. The van der Waals surface area contributed by atoms with Crippen LogP contribution < -0.4 is 0 Å². The van der Waals surface area contributed by atoms with Gasteiger partial charge in [-0.05, 0) is 19.3 Å². The number of hydrogen-bond donors (Lipinski definition) is 1. The predicted octanol–water partition coefficient (Wildman–Crippen LogP) is 4.01. The van der Waals surface area contributed by atoms with Crippen LogP contribution in [-0.2, 0) is 9.53 Å². The second-order valence-corrected chi connectivity index (χ2v) is 5.41. The average Bonchev–Trinajstić information content (AvgIpc) is 2.59. The molecule has 1 saturated carbocycles. The lowest BCUT2D eigenvalue weighted by atomic mass is 9.97. The van der Waals surface area contributed by atoms with Crippen LogP contribution in [0.15, 0.2) is 0 Å². The van der Waals surface area contributed by atoms with Crippen molar-refractivity contribution in [2.45, 2.75) is 77.2 Å². The van der Waals surface area contributed by atoms with Gasteiger partial charge in [0.05, 0.1) is 12.0 Å². The molecule has 1 N–H and O–H groups in total. The Bertz CT molecular complexity index is 228. The first kappa shape index (κ1) is 15.5. The van der Waals surface area contributed by atoms with Crippen molar-refractivity contribution in [2.75, 3.05) is 6.61 Å². The maximum absolute atomic E-state index is 11.2. The second-order valence-electron chi connectivity index (χ2n) is 5.41. The molecule has 0 heterocycles. The van der Waals surface area contributed by atoms with Gasteiger partial charge in [-0.25, -0.2) is 0 Å². The van der Waals surface area contributed by atoms with Crippen LogP contribution in [0.1, 0.15) is 71.1 Å². The molecular formula is C15H28O3. The maximum Gasteiger partial charge on any atom is 0.309 e. The topological polar surface area (TPSA) is 46.5 Å². The van der Waals surface area contributed by atoms with Crippen molar-refractivity contribution in [3.8, 4) is 0 Å². The largest absolute Gasteiger partial charge is 0.481 e. The Morgan fingerprint density at radius 3 is 2.56 bits per heavy atom. The molecule has 0 aliphatic heterocycles. The number of aliphatic carboxylic acids is 1. The van der Waals surface area contributed by atoms with Gasteiger partial charge in [0.1, 0.15) is 0 Å². The number of carbonyl (C=O) groups is 1. The number of carboxylic acid groups (broad SMARTS) is 1. The zero-order valence-corrected chi connectivity index (χ0v) is 11.7. The van der Waals surface area contributed by atoms with Crippen molar-refractivity contribution < 1.29 is 14.6 Å². The van der Waals surface area contributed by atoms with E-state index in [0.29, 0.717) is 0 Å². The summed E-state index contributed by atoms with van der Waals surface area (Å²) >= 11 is 0. The fraction of sp³-hybridized carbons (Fsp3) is 0.933. The standard InChI is InChI=1S/C15H28O3/c1-2-3-4-5-9-12-18-14-11-8-6-7-10-13(14)15(16)17/h13-14H,2-12H2,1H3,(H,16,17). The Labute approximate surface area is 111 Å². The molecule has 1 aliphatic rings. The molecule has 0 radical (unpaired) electrons. The summed E-state index contributed by atoms with van der Waals surface area (Å²) in [6.45, 7) is 2.94. The summed E-state index contributed by atoms with van der Waals surface area (Å²) in [6.07, 6.45) is 11.1. The number of ether oxygens (including phenoxy) is 1. The zero-order valence-electron chi connectivity index (χ0n) is 11.7. The molecule has 0 spiro atoms. The highest BCUT2D eigenvalue weighted by atomic mass is 16.5. The van der Waals surface area contributed by atoms with E-state index in [-0.39, 0.29) is 12.0 Å². The van der Waals surface area contributed by atoms with Gasteiger partial charge in [-0.2, -0.15) is 0 Å². The van der Waals surface area contributed by atoms with Gasteiger partial charge in [0, 0.05) is 6.61 Å². The van der Waals surface area contributed by atoms with E-state index in [4.69, 9.17) is 4.74 Å². The van der Waals surface area contributed by atoms with E-state index in [0.717, 1.165) is 45.1 Å². The second kappa shape index (κ2) is 9.37. The molecule has 0 aromatic heterocycles. The fourth-order valence-corrected chi connectivity index (χ4v) is 2.70. The lowest BCUT2D eigenvalue weighted by molar-refractivity contribution is -0.148. The smallest absolute Gasteiger partial charge is 0.309 e. The zero-order chi connectivity index (χ0) is 13.2. The van der Waals surface area contributed by atoms with Crippen molar-refractivity contribution in [1.29, 1.82) is 0 Å². The molecule has 1 fully saturated rings. The van der Waals surface area contributed by atoms with Crippen LogP contribution in [0.25, 0.3) is 0 Å². The lowest BCUT2D eigenvalue weighted by Crippen LogP contribution is -2.30. The highest BCUT2D eigenvalue weighted by Gasteiger charge is 2.29. The van der Waals surface area contributed by atoms with Gasteiger partial charge in [0.25, 0.3) is 0 Å².